The summed E-state index contributed by atoms with van der Waals surface area (Å²) in [4.78, 5) is 12.5. The first-order valence-corrected chi connectivity index (χ1v) is 22.2. The second-order valence-corrected chi connectivity index (χ2v) is 15.5. The van der Waals surface area contributed by atoms with E-state index >= 15 is 0 Å². The van der Waals surface area contributed by atoms with E-state index in [0.29, 0.717) is 12.8 Å². The Kier molecular flexibility index (Phi) is 38.0. The predicted octanol–water partition coefficient (Wildman–Crippen LogP) is 10.4. The number of hydrogen-bond donors (Lipinski definition) is 6. The molecule has 7 nitrogen and oxygen atoms in total. The molecular weight excluding hydrogens is 638 g/mol. The zero-order valence-electron chi connectivity index (χ0n) is 33.7. The number of amides is 1. The van der Waals surface area contributed by atoms with Gasteiger partial charge in [-0.15, -0.1) is 0 Å². The van der Waals surface area contributed by atoms with E-state index in [2.05, 4.69) is 31.3 Å². The van der Waals surface area contributed by atoms with Gasteiger partial charge in [-0.05, 0) is 38.5 Å². The molecule has 5 atom stereocenters. The molecular formula is C44H87NO6. The average Bonchev–Trinajstić information content (AvgIpc) is 3.13. The van der Waals surface area contributed by atoms with E-state index in [-0.39, 0.29) is 0 Å². The van der Waals surface area contributed by atoms with Crippen molar-refractivity contribution in [2.45, 2.75) is 256 Å². The third-order valence-corrected chi connectivity index (χ3v) is 10.6. The Morgan fingerprint density at radius 3 is 1.16 bits per heavy atom. The van der Waals surface area contributed by atoms with Gasteiger partial charge in [0.15, 0.2) is 6.10 Å². The molecule has 0 aliphatic rings. The Morgan fingerprint density at radius 1 is 0.471 bits per heavy atom. The van der Waals surface area contributed by atoms with Crippen LogP contribution in [0.4, 0.5) is 0 Å². The highest BCUT2D eigenvalue weighted by molar-refractivity contribution is 5.81. The molecule has 0 aliphatic carbocycles. The van der Waals surface area contributed by atoms with Crippen LogP contribution in [0.3, 0.4) is 0 Å². The van der Waals surface area contributed by atoms with Gasteiger partial charge in [0.05, 0.1) is 24.9 Å². The number of carbonyl (C=O) groups is 1. The molecule has 0 saturated carbocycles. The second kappa shape index (κ2) is 38.7. The molecule has 0 aliphatic heterocycles. The monoisotopic (exact) mass is 726 g/mol. The molecule has 0 rings (SSSR count). The highest BCUT2D eigenvalue weighted by Gasteiger charge is 2.31. The normalized spacial score (nSPS) is 14.9. The molecule has 0 fully saturated rings. The van der Waals surface area contributed by atoms with Crippen LogP contribution < -0.4 is 5.32 Å². The van der Waals surface area contributed by atoms with Crippen LogP contribution in [0.25, 0.3) is 0 Å². The van der Waals surface area contributed by atoms with Crippen molar-refractivity contribution in [2.24, 2.45) is 0 Å². The van der Waals surface area contributed by atoms with Gasteiger partial charge in [-0.3, -0.25) is 4.79 Å². The molecule has 0 radical (unpaired) electrons. The van der Waals surface area contributed by atoms with Gasteiger partial charge in [0, 0.05) is 0 Å². The molecule has 0 spiro atoms. The van der Waals surface area contributed by atoms with Gasteiger partial charge >= 0.3 is 0 Å². The Bertz CT molecular complexity index is 749. The Balaban J connectivity index is 3.79. The van der Waals surface area contributed by atoms with Gasteiger partial charge in [0.2, 0.25) is 0 Å². The maximum absolute atomic E-state index is 12.5. The Hall–Kier alpha value is -0.990. The highest BCUT2D eigenvalue weighted by atomic mass is 16.3. The third kappa shape index (κ3) is 32.2. The lowest BCUT2D eigenvalue weighted by molar-refractivity contribution is -0.138. The van der Waals surface area contributed by atoms with E-state index in [1.165, 1.54) is 141 Å². The summed E-state index contributed by atoms with van der Waals surface area (Å²) in [5, 5.41) is 53.9. The summed E-state index contributed by atoms with van der Waals surface area (Å²) >= 11 is 0. The van der Waals surface area contributed by atoms with Crippen molar-refractivity contribution in [3.63, 3.8) is 0 Å². The van der Waals surface area contributed by atoms with Crippen molar-refractivity contribution in [1.82, 2.24) is 5.32 Å². The van der Waals surface area contributed by atoms with Gasteiger partial charge in [-0.25, -0.2) is 0 Å². The predicted molar refractivity (Wildman–Crippen MR) is 216 cm³/mol. The van der Waals surface area contributed by atoms with E-state index in [4.69, 9.17) is 0 Å². The Labute approximate surface area is 315 Å². The zero-order valence-corrected chi connectivity index (χ0v) is 33.7. The van der Waals surface area contributed by atoms with Gasteiger partial charge in [-0.1, -0.05) is 199 Å². The van der Waals surface area contributed by atoms with Gasteiger partial charge < -0.3 is 30.8 Å². The third-order valence-electron chi connectivity index (χ3n) is 10.6. The fraction of sp³-hybridized carbons (Fsp3) is 0.932. The summed E-state index contributed by atoms with van der Waals surface area (Å²) < 4.78 is 0. The van der Waals surface area contributed by atoms with E-state index < -0.39 is 43.0 Å². The number of hydrogen-bond acceptors (Lipinski definition) is 6. The first-order chi connectivity index (χ1) is 24.9. The van der Waals surface area contributed by atoms with E-state index in [0.717, 1.165) is 57.8 Å². The molecule has 0 unspecified atom stereocenters. The minimum absolute atomic E-state index is 0.317. The van der Waals surface area contributed by atoms with Crippen LogP contribution in [0.15, 0.2) is 12.2 Å². The maximum atomic E-state index is 12.5. The average molecular weight is 726 g/mol. The molecule has 0 aromatic carbocycles. The SMILES string of the molecule is CCCCCCC=CCCCCCC[C@@H](O)[C@@H](O)[C@H](CO)NC(=O)[C@H](O)[C@@H](O)CCCCCCCCCCCCCCCCCCCCCCC. The Morgan fingerprint density at radius 2 is 0.784 bits per heavy atom. The van der Waals surface area contributed by atoms with Crippen LogP contribution in [0, 0.1) is 0 Å². The van der Waals surface area contributed by atoms with Crippen LogP contribution >= 0.6 is 0 Å². The fourth-order valence-electron chi connectivity index (χ4n) is 6.96. The second-order valence-electron chi connectivity index (χ2n) is 15.5. The molecule has 0 bridgehead atoms. The van der Waals surface area contributed by atoms with Crippen LogP contribution in [-0.4, -0.2) is 68.5 Å². The summed E-state index contributed by atoms with van der Waals surface area (Å²) in [7, 11) is 0. The number of carbonyl (C=O) groups excluding carboxylic acids is 1. The lowest BCUT2D eigenvalue weighted by atomic mass is 9.99. The maximum Gasteiger partial charge on any atom is 0.251 e. The van der Waals surface area contributed by atoms with E-state index in [9.17, 15) is 30.3 Å². The lowest BCUT2D eigenvalue weighted by Crippen LogP contribution is -2.54. The first kappa shape index (κ1) is 50.0. The molecule has 51 heavy (non-hydrogen) atoms. The zero-order chi connectivity index (χ0) is 37.6. The number of rotatable bonds is 40. The number of aliphatic hydroxyl groups is 5. The molecule has 304 valence electrons. The number of aliphatic hydroxyl groups excluding tert-OH is 5. The van der Waals surface area contributed by atoms with Crippen LogP contribution in [0.5, 0.6) is 0 Å². The topological polar surface area (TPSA) is 130 Å². The smallest absolute Gasteiger partial charge is 0.251 e. The van der Waals surface area contributed by atoms with Crippen molar-refractivity contribution in [3.8, 4) is 0 Å². The molecule has 0 heterocycles. The number of nitrogens with one attached hydrogen (secondary N) is 1. The molecule has 1 amide bonds. The van der Waals surface area contributed by atoms with Crippen molar-refractivity contribution in [1.29, 1.82) is 0 Å². The summed E-state index contributed by atoms with van der Waals surface area (Å²) in [6.07, 6.45) is 38.5. The van der Waals surface area contributed by atoms with Crippen molar-refractivity contribution in [2.75, 3.05) is 6.61 Å². The molecule has 0 aromatic rings. The molecule has 6 N–H and O–H groups in total. The minimum atomic E-state index is -1.64. The van der Waals surface area contributed by atoms with Crippen LogP contribution in [0.2, 0.25) is 0 Å². The lowest BCUT2D eigenvalue weighted by Gasteiger charge is -2.28. The molecule has 0 saturated heterocycles. The summed E-state index contributed by atoms with van der Waals surface area (Å²) in [5.74, 6) is -0.838. The van der Waals surface area contributed by atoms with Crippen molar-refractivity contribution >= 4 is 5.91 Å². The van der Waals surface area contributed by atoms with Gasteiger partial charge in [-0.2, -0.15) is 0 Å². The van der Waals surface area contributed by atoms with Crippen molar-refractivity contribution in [3.05, 3.63) is 12.2 Å². The first-order valence-electron chi connectivity index (χ1n) is 22.2. The molecule has 0 aromatic heterocycles. The highest BCUT2D eigenvalue weighted by Crippen LogP contribution is 2.17. The van der Waals surface area contributed by atoms with E-state index in [1.807, 2.05) is 0 Å². The van der Waals surface area contributed by atoms with Crippen LogP contribution in [0.1, 0.15) is 226 Å². The van der Waals surface area contributed by atoms with E-state index in [1.54, 1.807) is 0 Å². The summed E-state index contributed by atoms with van der Waals surface area (Å²) in [6, 6.07) is -1.11. The van der Waals surface area contributed by atoms with Gasteiger partial charge in [0.1, 0.15) is 6.10 Å². The largest absolute Gasteiger partial charge is 0.394 e. The molecule has 7 heteroatoms. The van der Waals surface area contributed by atoms with Crippen molar-refractivity contribution < 1.29 is 30.3 Å². The standard InChI is InChI=1S/C44H87NO6/c1-3-5-7-9-11-13-15-17-18-19-20-21-22-23-24-25-27-29-31-33-35-37-41(48)43(50)44(51)45-39(38-46)42(49)40(47)36-34-32-30-28-26-16-14-12-10-8-6-4-2/h14,16,39-43,46-50H,3-13,15,17-38H2,1-2H3,(H,45,51)/t39-,40+,41-,42-,43+/m0/s1. The quantitative estimate of drug-likeness (QED) is 0.0275. The number of allylic oxidation sites excluding steroid dienone is 2. The fourth-order valence-corrected chi connectivity index (χ4v) is 6.96. The summed E-state index contributed by atoms with van der Waals surface area (Å²) in [5.41, 5.74) is 0. The minimum Gasteiger partial charge on any atom is -0.394 e. The van der Waals surface area contributed by atoms with Crippen LogP contribution in [-0.2, 0) is 4.79 Å². The summed E-state index contributed by atoms with van der Waals surface area (Å²) in [6.45, 7) is 3.93. The number of unbranched alkanes of at least 4 members (excludes halogenated alkanes) is 28. The van der Waals surface area contributed by atoms with Gasteiger partial charge in [0.25, 0.3) is 5.91 Å².